The standard InChI is InChI=1S/C12H24N2O3/c1-4-17-11(15)12(13,10-5-6-10)9-14(2)7-8-16-3/h10H,4-9,13H2,1-3H3. The average Bonchev–Trinajstić information content (AvgIpc) is 3.10. The molecule has 0 aromatic heterocycles. The first kappa shape index (κ1) is 14.4. The van der Waals surface area contributed by atoms with Gasteiger partial charge in [0, 0.05) is 20.2 Å². The lowest BCUT2D eigenvalue weighted by Gasteiger charge is -2.31. The second kappa shape index (κ2) is 6.33. The third-order valence-electron chi connectivity index (χ3n) is 3.17. The summed E-state index contributed by atoms with van der Waals surface area (Å²) in [5.74, 6) is -0.00156. The molecule has 17 heavy (non-hydrogen) atoms. The summed E-state index contributed by atoms with van der Waals surface area (Å²) in [5.41, 5.74) is 5.40. The number of esters is 1. The van der Waals surface area contributed by atoms with Crippen molar-refractivity contribution in [3.63, 3.8) is 0 Å². The summed E-state index contributed by atoms with van der Waals surface area (Å²) in [7, 11) is 3.61. The highest BCUT2D eigenvalue weighted by Crippen LogP contribution is 2.39. The minimum atomic E-state index is -0.849. The van der Waals surface area contributed by atoms with Crippen molar-refractivity contribution in [3.05, 3.63) is 0 Å². The summed E-state index contributed by atoms with van der Waals surface area (Å²) in [6.07, 6.45) is 2.04. The molecule has 0 saturated heterocycles. The van der Waals surface area contributed by atoms with Crippen LogP contribution in [-0.2, 0) is 14.3 Å². The number of ether oxygens (including phenoxy) is 2. The van der Waals surface area contributed by atoms with Crippen LogP contribution in [0.2, 0.25) is 0 Å². The lowest BCUT2D eigenvalue weighted by Crippen LogP contribution is -2.58. The fourth-order valence-corrected chi connectivity index (χ4v) is 2.00. The summed E-state index contributed by atoms with van der Waals surface area (Å²) in [5, 5.41) is 0. The molecule has 1 atom stereocenters. The molecule has 1 unspecified atom stereocenters. The number of carbonyl (C=O) groups excluding carboxylic acids is 1. The molecule has 1 aliphatic carbocycles. The minimum absolute atomic E-state index is 0.270. The van der Waals surface area contributed by atoms with Crippen molar-refractivity contribution < 1.29 is 14.3 Å². The first-order chi connectivity index (χ1) is 8.04. The van der Waals surface area contributed by atoms with Gasteiger partial charge in [0.2, 0.25) is 0 Å². The van der Waals surface area contributed by atoms with E-state index in [4.69, 9.17) is 15.2 Å². The van der Waals surface area contributed by atoms with E-state index in [1.54, 1.807) is 14.0 Å². The highest BCUT2D eigenvalue weighted by Gasteiger charge is 2.49. The van der Waals surface area contributed by atoms with E-state index in [1.165, 1.54) is 0 Å². The largest absolute Gasteiger partial charge is 0.465 e. The summed E-state index contributed by atoms with van der Waals surface area (Å²) in [4.78, 5) is 14.0. The van der Waals surface area contributed by atoms with Gasteiger partial charge in [-0.2, -0.15) is 0 Å². The van der Waals surface area contributed by atoms with Crippen molar-refractivity contribution in [2.75, 3.05) is 40.5 Å². The Balaban J connectivity index is 2.55. The lowest BCUT2D eigenvalue weighted by atomic mass is 9.94. The van der Waals surface area contributed by atoms with E-state index in [1.807, 2.05) is 11.9 Å². The van der Waals surface area contributed by atoms with E-state index in [0.29, 0.717) is 19.8 Å². The van der Waals surface area contributed by atoms with Crippen LogP contribution in [0.4, 0.5) is 0 Å². The van der Waals surface area contributed by atoms with Gasteiger partial charge in [-0.05, 0) is 32.7 Å². The normalized spacial score (nSPS) is 19.1. The van der Waals surface area contributed by atoms with Crippen LogP contribution in [0.5, 0.6) is 0 Å². The molecular weight excluding hydrogens is 220 g/mol. The monoisotopic (exact) mass is 244 g/mol. The molecule has 1 fully saturated rings. The van der Waals surface area contributed by atoms with Crippen molar-refractivity contribution in [1.82, 2.24) is 4.90 Å². The van der Waals surface area contributed by atoms with Crippen molar-refractivity contribution in [3.8, 4) is 0 Å². The molecule has 1 saturated carbocycles. The number of hydrogen-bond acceptors (Lipinski definition) is 5. The molecule has 0 heterocycles. The quantitative estimate of drug-likeness (QED) is 0.619. The van der Waals surface area contributed by atoms with Crippen LogP contribution in [0.1, 0.15) is 19.8 Å². The molecular formula is C12H24N2O3. The van der Waals surface area contributed by atoms with Gasteiger partial charge in [-0.25, -0.2) is 4.79 Å². The fraction of sp³-hybridized carbons (Fsp3) is 0.917. The third kappa shape index (κ3) is 3.94. The van der Waals surface area contributed by atoms with E-state index < -0.39 is 5.54 Å². The molecule has 0 radical (unpaired) electrons. The molecule has 5 heteroatoms. The molecule has 1 aliphatic rings. The van der Waals surface area contributed by atoms with Crippen molar-refractivity contribution >= 4 is 5.97 Å². The molecule has 100 valence electrons. The second-order valence-electron chi connectivity index (χ2n) is 4.77. The van der Waals surface area contributed by atoms with E-state index in [0.717, 1.165) is 19.4 Å². The summed E-state index contributed by atoms with van der Waals surface area (Å²) in [6, 6.07) is 0. The first-order valence-corrected chi connectivity index (χ1v) is 6.18. The van der Waals surface area contributed by atoms with Crippen LogP contribution in [0.15, 0.2) is 0 Å². The van der Waals surface area contributed by atoms with Gasteiger partial charge in [0.05, 0.1) is 13.2 Å². The molecule has 0 aromatic carbocycles. The molecule has 5 nitrogen and oxygen atoms in total. The van der Waals surface area contributed by atoms with Gasteiger partial charge in [-0.3, -0.25) is 0 Å². The summed E-state index contributed by atoms with van der Waals surface area (Å²) >= 11 is 0. The van der Waals surface area contributed by atoms with E-state index in [2.05, 4.69) is 0 Å². The zero-order valence-electron chi connectivity index (χ0n) is 11.1. The smallest absolute Gasteiger partial charge is 0.327 e. The Bertz CT molecular complexity index is 256. The third-order valence-corrected chi connectivity index (χ3v) is 3.17. The maximum atomic E-state index is 12.0. The van der Waals surface area contributed by atoms with Crippen LogP contribution in [-0.4, -0.2) is 56.9 Å². The molecule has 0 spiro atoms. The van der Waals surface area contributed by atoms with Crippen LogP contribution >= 0.6 is 0 Å². The maximum Gasteiger partial charge on any atom is 0.327 e. The zero-order valence-corrected chi connectivity index (χ0v) is 11.1. The highest BCUT2D eigenvalue weighted by molar-refractivity contribution is 5.82. The van der Waals surface area contributed by atoms with E-state index >= 15 is 0 Å². The number of nitrogens with zero attached hydrogens (tertiary/aromatic N) is 1. The van der Waals surface area contributed by atoms with Gasteiger partial charge in [0.1, 0.15) is 5.54 Å². The van der Waals surface area contributed by atoms with Crippen LogP contribution in [0.3, 0.4) is 0 Å². The fourth-order valence-electron chi connectivity index (χ4n) is 2.00. The van der Waals surface area contributed by atoms with Gasteiger partial charge in [0.25, 0.3) is 0 Å². The molecule has 1 rings (SSSR count). The number of carbonyl (C=O) groups is 1. The van der Waals surface area contributed by atoms with Crippen molar-refractivity contribution in [1.29, 1.82) is 0 Å². The Labute approximate surface area is 103 Å². The van der Waals surface area contributed by atoms with Gasteiger partial charge >= 0.3 is 5.97 Å². The predicted molar refractivity (Wildman–Crippen MR) is 65.6 cm³/mol. The first-order valence-electron chi connectivity index (χ1n) is 6.18. The Morgan fingerprint density at radius 2 is 2.18 bits per heavy atom. The number of likely N-dealkylation sites (N-methyl/N-ethyl adjacent to an activating group) is 1. The predicted octanol–water partition coefficient (Wildman–Crippen LogP) is 0.235. The van der Waals surface area contributed by atoms with Crippen LogP contribution in [0, 0.1) is 5.92 Å². The Hall–Kier alpha value is -0.650. The molecule has 0 aliphatic heterocycles. The Morgan fingerprint density at radius 1 is 1.53 bits per heavy atom. The summed E-state index contributed by atoms with van der Waals surface area (Å²) in [6.45, 7) is 4.12. The minimum Gasteiger partial charge on any atom is -0.465 e. The Morgan fingerprint density at radius 3 is 2.65 bits per heavy atom. The molecule has 0 bridgehead atoms. The van der Waals surface area contributed by atoms with E-state index in [9.17, 15) is 4.79 Å². The average molecular weight is 244 g/mol. The van der Waals surface area contributed by atoms with Gasteiger partial charge in [-0.1, -0.05) is 0 Å². The second-order valence-corrected chi connectivity index (χ2v) is 4.77. The van der Waals surface area contributed by atoms with Crippen molar-refractivity contribution in [2.24, 2.45) is 11.7 Å². The maximum absolute atomic E-state index is 12.0. The van der Waals surface area contributed by atoms with Gasteiger partial charge in [-0.15, -0.1) is 0 Å². The highest BCUT2D eigenvalue weighted by atomic mass is 16.5. The number of rotatable bonds is 8. The number of methoxy groups -OCH3 is 1. The number of nitrogens with two attached hydrogens (primary N) is 1. The van der Waals surface area contributed by atoms with Gasteiger partial charge in [0.15, 0.2) is 0 Å². The Kier molecular flexibility index (Phi) is 5.36. The number of hydrogen-bond donors (Lipinski definition) is 1. The molecule has 0 amide bonds. The molecule has 2 N–H and O–H groups in total. The van der Waals surface area contributed by atoms with Crippen LogP contribution < -0.4 is 5.73 Å². The topological polar surface area (TPSA) is 64.8 Å². The zero-order chi connectivity index (χ0) is 12.9. The van der Waals surface area contributed by atoms with Gasteiger partial charge < -0.3 is 20.1 Å². The van der Waals surface area contributed by atoms with Crippen molar-refractivity contribution in [2.45, 2.75) is 25.3 Å². The molecule has 0 aromatic rings. The van der Waals surface area contributed by atoms with Crippen LogP contribution in [0.25, 0.3) is 0 Å². The summed E-state index contributed by atoms with van der Waals surface area (Å²) < 4.78 is 10.1. The lowest BCUT2D eigenvalue weighted by molar-refractivity contribution is -0.151. The van der Waals surface area contributed by atoms with E-state index in [-0.39, 0.29) is 11.9 Å². The SMILES string of the molecule is CCOC(=O)C(N)(CN(C)CCOC)C1CC1.